The Kier molecular flexibility index (Phi) is 5.71. The molecule has 0 radical (unpaired) electrons. The normalized spacial score (nSPS) is 10.2. The predicted molar refractivity (Wildman–Crippen MR) is 59.6 cm³/mol. The van der Waals surface area contributed by atoms with E-state index < -0.39 is 29.8 Å². The fourth-order valence-electron chi connectivity index (χ4n) is 1.16. The van der Waals surface area contributed by atoms with Gasteiger partial charge in [0, 0.05) is 14.9 Å². The minimum atomic E-state index is -5.53. The number of hydrogen-bond acceptors (Lipinski definition) is 1. The van der Waals surface area contributed by atoms with Crippen LogP contribution in [0.1, 0.15) is 15.9 Å². The molecule has 94 valence electrons. The zero-order valence-corrected chi connectivity index (χ0v) is 9.60. The topological polar surface area (TPSA) is 37.3 Å². The molecule has 0 unspecified atom stereocenters. The van der Waals surface area contributed by atoms with E-state index in [2.05, 4.69) is 0 Å². The predicted octanol–water partition coefficient (Wildman–Crippen LogP) is 2.79. The van der Waals surface area contributed by atoms with E-state index in [1.54, 1.807) is 0 Å². The second kappa shape index (κ2) is 5.52. The van der Waals surface area contributed by atoms with Gasteiger partial charge in [0.25, 0.3) is 0 Å². The second-order valence-electron chi connectivity index (χ2n) is 3.08. The van der Waals surface area contributed by atoms with Crippen molar-refractivity contribution in [2.24, 2.45) is 0 Å². The lowest BCUT2D eigenvalue weighted by atomic mass is 9.78. The van der Waals surface area contributed by atoms with Crippen LogP contribution in [0.5, 0.6) is 0 Å². The van der Waals surface area contributed by atoms with Crippen molar-refractivity contribution in [1.29, 1.82) is 0 Å². The highest BCUT2D eigenvalue weighted by Gasteiger charge is 2.30. The molecule has 0 heterocycles. The third kappa shape index (κ3) is 3.62. The van der Waals surface area contributed by atoms with Crippen molar-refractivity contribution in [3.8, 4) is 0 Å². The van der Waals surface area contributed by atoms with Gasteiger partial charge in [-0.2, -0.15) is 0 Å². The van der Waals surface area contributed by atoms with Crippen molar-refractivity contribution in [3.63, 3.8) is 0 Å². The summed E-state index contributed by atoms with van der Waals surface area (Å²) in [7, 11) is 0. The van der Waals surface area contributed by atoms with Gasteiger partial charge in [-0.1, -0.05) is 11.5 Å². The van der Waals surface area contributed by atoms with E-state index in [-0.39, 0.29) is 20.4 Å². The Labute approximate surface area is 97.3 Å². The second-order valence-corrected chi connectivity index (χ2v) is 3.08. The van der Waals surface area contributed by atoms with Gasteiger partial charge in [0.2, 0.25) is 0 Å². The molecule has 1 aromatic rings. The molecule has 7 heteroatoms. The number of aryl methyl sites for hydroxylation is 1. The van der Waals surface area contributed by atoms with E-state index in [4.69, 9.17) is 5.11 Å². The zero-order chi connectivity index (χ0) is 11.8. The molecule has 1 N–H and O–H groups in total. The maximum atomic E-state index is 13.0. The summed E-state index contributed by atoms with van der Waals surface area (Å²) >= 11 is 0. The first-order valence-corrected chi connectivity index (χ1v) is 3.96. The molecular formula is C10H12BF4O2+. The number of hydrogen-bond donors (Lipinski definition) is 1. The van der Waals surface area contributed by atoms with E-state index in [1.807, 2.05) is 0 Å². The average molecular weight is 251 g/mol. The van der Waals surface area contributed by atoms with Gasteiger partial charge in [-0.25, -0.2) is 9.18 Å². The van der Waals surface area contributed by atoms with Crippen LogP contribution in [0.2, 0.25) is 0 Å². The summed E-state index contributed by atoms with van der Waals surface area (Å²) < 4.78 is 49.9. The highest BCUT2D eigenvalue weighted by molar-refractivity contribution is 6.73. The lowest BCUT2D eigenvalue weighted by molar-refractivity contribution is 0.0697. The van der Waals surface area contributed by atoms with E-state index in [0.29, 0.717) is 6.07 Å². The van der Waals surface area contributed by atoms with E-state index in [1.165, 1.54) is 0 Å². The molecule has 0 bridgehead atoms. The van der Waals surface area contributed by atoms with Gasteiger partial charge >= 0.3 is 12.9 Å². The van der Waals surface area contributed by atoms with Crippen LogP contribution >= 0.6 is 0 Å². The Bertz CT molecular complexity index is 416. The van der Waals surface area contributed by atoms with Crippen LogP contribution in [0.25, 0.3) is 0 Å². The van der Waals surface area contributed by atoms with Crippen molar-refractivity contribution in [1.82, 2.24) is 0 Å². The van der Waals surface area contributed by atoms with Crippen molar-refractivity contribution in [2.75, 3.05) is 0 Å². The first kappa shape index (κ1) is 17.6. The van der Waals surface area contributed by atoms with Gasteiger partial charge in [0.1, 0.15) is 0 Å². The van der Waals surface area contributed by atoms with Gasteiger partial charge in [-0.3, -0.25) is 0 Å². The molecule has 0 atom stereocenters. The molecular weight excluding hydrogens is 239 g/mol. The molecule has 0 aliphatic carbocycles. The summed E-state index contributed by atoms with van der Waals surface area (Å²) in [5.74, 6) is -2.92. The lowest BCUT2D eigenvalue weighted by Gasteiger charge is -2.17. The molecule has 0 saturated heterocycles. The quantitative estimate of drug-likeness (QED) is 0.498. The Morgan fingerprint density at radius 2 is 1.71 bits per heavy atom. The molecule has 0 saturated carbocycles. The molecule has 1 rings (SSSR count). The summed E-state index contributed by atoms with van der Waals surface area (Å²) in [5.41, 5.74) is -2.39. The number of halogens is 4. The first-order valence-electron chi connectivity index (χ1n) is 3.96. The standard InChI is InChI=1S/C8H6BF4O2.2CH3/c1-4-2-5(8(14)15)3-6(7(4)10)9(11,12)13;;/h2-3H,1H3,(H,14,15);2*1H3/q-1;2*+1. The van der Waals surface area contributed by atoms with Gasteiger partial charge < -0.3 is 18.1 Å². The number of carbonyl (C=O) groups is 1. The lowest BCUT2D eigenvalue weighted by Crippen LogP contribution is -2.38. The molecule has 0 aromatic heterocycles. The van der Waals surface area contributed by atoms with Gasteiger partial charge in [-0.15, -0.1) is 0 Å². The SMILES string of the molecule is Cc1cc(C(=O)O)cc([B-](F)(F)F)c1F.[CH3+].[CH3+]. The maximum absolute atomic E-state index is 13.0. The minimum Gasteiger partial charge on any atom is -0.478 e. The summed E-state index contributed by atoms with van der Waals surface area (Å²) in [6.07, 6.45) is 0. The van der Waals surface area contributed by atoms with Crippen LogP contribution in [-0.4, -0.2) is 18.1 Å². The molecule has 0 aliphatic rings. The number of rotatable bonds is 2. The van der Waals surface area contributed by atoms with E-state index in [0.717, 1.165) is 13.0 Å². The van der Waals surface area contributed by atoms with Crippen LogP contribution in [0.15, 0.2) is 12.1 Å². The third-order valence-corrected chi connectivity index (χ3v) is 1.88. The average Bonchev–Trinajstić information content (AvgIpc) is 2.06. The van der Waals surface area contributed by atoms with Crippen LogP contribution in [0.4, 0.5) is 17.3 Å². The Hall–Kier alpha value is -1.79. The van der Waals surface area contributed by atoms with Crippen LogP contribution in [0, 0.1) is 27.6 Å². The highest BCUT2D eigenvalue weighted by Crippen LogP contribution is 2.16. The zero-order valence-electron chi connectivity index (χ0n) is 9.60. The summed E-state index contributed by atoms with van der Waals surface area (Å²) in [6, 6.07) is 1.17. The smallest absolute Gasteiger partial charge is 0.478 e. The molecule has 0 aliphatic heterocycles. The molecule has 0 fully saturated rings. The molecule has 17 heavy (non-hydrogen) atoms. The number of benzene rings is 1. The fourth-order valence-corrected chi connectivity index (χ4v) is 1.16. The van der Waals surface area contributed by atoms with Crippen LogP contribution in [0.3, 0.4) is 0 Å². The highest BCUT2D eigenvalue weighted by atomic mass is 19.4. The Morgan fingerprint density at radius 3 is 2.06 bits per heavy atom. The number of carboxylic acids is 1. The van der Waals surface area contributed by atoms with Crippen molar-refractivity contribution >= 4 is 18.4 Å². The van der Waals surface area contributed by atoms with Crippen molar-refractivity contribution < 1.29 is 27.2 Å². The monoisotopic (exact) mass is 251 g/mol. The van der Waals surface area contributed by atoms with E-state index >= 15 is 0 Å². The summed E-state index contributed by atoms with van der Waals surface area (Å²) in [5, 5.41) is 8.51. The molecule has 0 amide bonds. The van der Waals surface area contributed by atoms with Crippen LogP contribution < -0.4 is 5.46 Å². The third-order valence-electron chi connectivity index (χ3n) is 1.88. The molecule has 1 aromatic carbocycles. The molecule has 2 nitrogen and oxygen atoms in total. The number of aromatic carboxylic acids is 1. The largest absolute Gasteiger partial charge is 0.512 e. The van der Waals surface area contributed by atoms with Gasteiger partial charge in [0.05, 0.1) is 11.4 Å². The first-order chi connectivity index (χ1) is 6.73. The van der Waals surface area contributed by atoms with Crippen molar-refractivity contribution in [3.05, 3.63) is 43.9 Å². The number of carboxylic acid groups (broad SMARTS) is 1. The van der Waals surface area contributed by atoms with Crippen molar-refractivity contribution in [2.45, 2.75) is 6.92 Å². The molecule has 0 spiro atoms. The summed E-state index contributed by atoms with van der Waals surface area (Å²) in [6.45, 7) is -4.44. The Morgan fingerprint density at radius 1 is 1.24 bits per heavy atom. The van der Waals surface area contributed by atoms with E-state index in [9.17, 15) is 22.1 Å². The fraction of sp³-hybridized carbons (Fsp3) is 0.100. The Balaban J connectivity index is 0. The maximum Gasteiger partial charge on any atom is 0.512 e. The summed E-state index contributed by atoms with van der Waals surface area (Å²) in [4.78, 5) is 10.5. The van der Waals surface area contributed by atoms with Crippen LogP contribution in [-0.2, 0) is 0 Å². The minimum absolute atomic E-state index is 0. The van der Waals surface area contributed by atoms with Gasteiger partial charge in [-0.05, 0) is 18.6 Å². The van der Waals surface area contributed by atoms with Gasteiger partial charge in [0.15, 0.2) is 0 Å².